The second-order valence-electron chi connectivity index (χ2n) is 4.24. The molecule has 0 aromatic carbocycles. The zero-order valence-electron chi connectivity index (χ0n) is 9.03. The van der Waals surface area contributed by atoms with Gasteiger partial charge >= 0.3 is 0 Å². The van der Waals surface area contributed by atoms with Crippen LogP contribution in [0.1, 0.15) is 43.2 Å². The average molecular weight is 208 g/mol. The Morgan fingerprint density at radius 2 is 2.33 bits per heavy atom. The first-order valence-electron chi connectivity index (χ1n) is 5.24. The number of hydrogen-bond acceptors (Lipinski definition) is 3. The molecule has 82 valence electrons. The molecule has 1 aliphatic carbocycles. The number of carbonyl (C=O) groups is 1. The molecule has 5 nitrogen and oxygen atoms in total. The first-order valence-corrected chi connectivity index (χ1v) is 5.24. The van der Waals surface area contributed by atoms with Gasteiger partial charge in [0, 0.05) is 18.2 Å². The smallest absolute Gasteiger partial charge is 0.272 e. The third kappa shape index (κ3) is 2.11. The van der Waals surface area contributed by atoms with Crippen LogP contribution in [0.2, 0.25) is 0 Å². The monoisotopic (exact) mass is 208 g/mol. The first kappa shape index (κ1) is 10.0. The maximum Gasteiger partial charge on any atom is 0.272 e. The van der Waals surface area contributed by atoms with E-state index in [1.807, 2.05) is 13.8 Å². The highest BCUT2D eigenvalue weighted by Gasteiger charge is 2.25. The van der Waals surface area contributed by atoms with Gasteiger partial charge in [-0.3, -0.25) is 4.79 Å². The van der Waals surface area contributed by atoms with Crippen LogP contribution in [-0.4, -0.2) is 21.7 Å². The van der Waals surface area contributed by atoms with Gasteiger partial charge in [0.05, 0.1) is 0 Å². The van der Waals surface area contributed by atoms with E-state index >= 15 is 0 Å². The Balaban J connectivity index is 2.13. The Bertz CT molecular complexity index is 379. The second-order valence-corrected chi connectivity index (χ2v) is 4.24. The zero-order chi connectivity index (χ0) is 11.0. The normalized spacial score (nSPS) is 15.7. The Kier molecular flexibility index (Phi) is 2.38. The summed E-state index contributed by atoms with van der Waals surface area (Å²) in [7, 11) is 0. The molecule has 0 aliphatic heterocycles. The molecule has 1 aliphatic rings. The molecule has 0 saturated heterocycles. The Morgan fingerprint density at radius 3 is 2.80 bits per heavy atom. The Morgan fingerprint density at radius 1 is 1.67 bits per heavy atom. The first-order chi connectivity index (χ1) is 7.08. The molecule has 0 atom stereocenters. The van der Waals surface area contributed by atoms with Gasteiger partial charge in [-0.1, -0.05) is 0 Å². The van der Waals surface area contributed by atoms with E-state index < -0.39 is 0 Å². The molecule has 1 saturated carbocycles. The lowest BCUT2D eigenvalue weighted by Gasteiger charge is -2.06. The van der Waals surface area contributed by atoms with E-state index in [4.69, 9.17) is 5.73 Å². The standard InChI is InChI=1S/C10H16N4O/c1-6(2)14-9(11)5-8(13-14)10(15)12-7-3-4-7/h5-7H,3-4,11H2,1-2H3,(H,12,15). The second kappa shape index (κ2) is 3.56. The van der Waals surface area contributed by atoms with Crippen LogP contribution < -0.4 is 11.1 Å². The molecule has 1 aromatic rings. The van der Waals surface area contributed by atoms with Crippen molar-refractivity contribution in [3.05, 3.63) is 11.8 Å². The fourth-order valence-corrected chi connectivity index (χ4v) is 1.42. The number of amides is 1. The molecule has 1 heterocycles. The molecule has 0 bridgehead atoms. The minimum Gasteiger partial charge on any atom is -0.384 e. The lowest BCUT2D eigenvalue weighted by Crippen LogP contribution is -2.26. The van der Waals surface area contributed by atoms with Gasteiger partial charge < -0.3 is 11.1 Å². The summed E-state index contributed by atoms with van der Waals surface area (Å²) in [6, 6.07) is 2.15. The van der Waals surface area contributed by atoms with E-state index in [2.05, 4.69) is 10.4 Å². The summed E-state index contributed by atoms with van der Waals surface area (Å²) in [5, 5.41) is 7.05. The van der Waals surface area contributed by atoms with Crippen LogP contribution in [0.5, 0.6) is 0 Å². The number of nitrogens with two attached hydrogens (primary N) is 1. The van der Waals surface area contributed by atoms with Crippen LogP contribution >= 0.6 is 0 Å². The number of hydrogen-bond donors (Lipinski definition) is 2. The van der Waals surface area contributed by atoms with Crippen molar-refractivity contribution in [3.8, 4) is 0 Å². The van der Waals surface area contributed by atoms with Crippen molar-refractivity contribution < 1.29 is 4.79 Å². The van der Waals surface area contributed by atoms with Crippen LogP contribution in [0, 0.1) is 0 Å². The summed E-state index contributed by atoms with van der Waals surface area (Å²) in [5.74, 6) is 0.412. The summed E-state index contributed by atoms with van der Waals surface area (Å²) < 4.78 is 1.65. The molecule has 0 radical (unpaired) electrons. The van der Waals surface area contributed by atoms with Gasteiger partial charge in [-0.2, -0.15) is 5.10 Å². The quantitative estimate of drug-likeness (QED) is 0.776. The van der Waals surface area contributed by atoms with Crippen LogP contribution in [0.25, 0.3) is 0 Å². The van der Waals surface area contributed by atoms with E-state index in [0.29, 0.717) is 17.6 Å². The van der Waals surface area contributed by atoms with E-state index in [1.54, 1.807) is 10.7 Å². The van der Waals surface area contributed by atoms with Crippen LogP contribution in [0.3, 0.4) is 0 Å². The summed E-state index contributed by atoms with van der Waals surface area (Å²) in [5.41, 5.74) is 6.16. The zero-order valence-corrected chi connectivity index (χ0v) is 9.03. The number of aromatic nitrogens is 2. The summed E-state index contributed by atoms with van der Waals surface area (Å²) in [4.78, 5) is 11.6. The molecule has 1 fully saturated rings. The maximum atomic E-state index is 11.6. The summed E-state index contributed by atoms with van der Waals surface area (Å²) in [6.07, 6.45) is 2.15. The minimum atomic E-state index is -0.122. The van der Waals surface area contributed by atoms with Crippen molar-refractivity contribution in [2.24, 2.45) is 0 Å². The average Bonchev–Trinajstić information content (AvgIpc) is 2.86. The Labute approximate surface area is 88.6 Å². The Hall–Kier alpha value is -1.52. The van der Waals surface area contributed by atoms with Crippen molar-refractivity contribution in [2.45, 2.75) is 38.8 Å². The molecule has 1 aromatic heterocycles. The fraction of sp³-hybridized carbons (Fsp3) is 0.600. The maximum absolute atomic E-state index is 11.6. The minimum absolute atomic E-state index is 0.122. The lowest BCUT2D eigenvalue weighted by molar-refractivity contribution is 0.0945. The molecule has 0 unspecified atom stereocenters. The molecule has 0 spiro atoms. The molecular weight excluding hydrogens is 192 g/mol. The van der Waals surface area contributed by atoms with Gasteiger partial charge in [0.15, 0.2) is 5.69 Å². The number of nitrogen functional groups attached to an aromatic ring is 1. The number of nitrogens with one attached hydrogen (secondary N) is 1. The number of nitrogens with zero attached hydrogens (tertiary/aromatic N) is 2. The van der Waals surface area contributed by atoms with Crippen molar-refractivity contribution in [3.63, 3.8) is 0 Å². The highest BCUT2D eigenvalue weighted by atomic mass is 16.2. The predicted octanol–water partition coefficient (Wildman–Crippen LogP) is 0.938. The van der Waals surface area contributed by atoms with Crippen molar-refractivity contribution >= 4 is 11.7 Å². The van der Waals surface area contributed by atoms with Gasteiger partial charge in [-0.25, -0.2) is 4.68 Å². The van der Waals surface area contributed by atoms with Crippen molar-refractivity contribution in [1.82, 2.24) is 15.1 Å². The molecule has 5 heteroatoms. The lowest BCUT2D eigenvalue weighted by atomic mass is 10.4. The van der Waals surface area contributed by atoms with Gasteiger partial charge in [-0.15, -0.1) is 0 Å². The number of rotatable bonds is 3. The number of anilines is 1. The third-order valence-electron chi connectivity index (χ3n) is 2.40. The van der Waals surface area contributed by atoms with Gasteiger partial charge in [0.2, 0.25) is 0 Å². The topological polar surface area (TPSA) is 72.9 Å². The summed E-state index contributed by atoms with van der Waals surface area (Å²) in [6.45, 7) is 3.96. The number of carbonyl (C=O) groups excluding carboxylic acids is 1. The van der Waals surface area contributed by atoms with E-state index in [0.717, 1.165) is 12.8 Å². The highest BCUT2D eigenvalue weighted by molar-refractivity contribution is 5.93. The van der Waals surface area contributed by atoms with Crippen molar-refractivity contribution in [2.75, 3.05) is 5.73 Å². The molecule has 1 amide bonds. The molecular formula is C10H16N4O. The molecule has 15 heavy (non-hydrogen) atoms. The van der Waals surface area contributed by atoms with E-state index in [-0.39, 0.29) is 11.9 Å². The summed E-state index contributed by atoms with van der Waals surface area (Å²) >= 11 is 0. The van der Waals surface area contributed by atoms with Gasteiger partial charge in [-0.05, 0) is 26.7 Å². The predicted molar refractivity (Wildman–Crippen MR) is 57.5 cm³/mol. The van der Waals surface area contributed by atoms with Gasteiger partial charge in [0.1, 0.15) is 5.82 Å². The molecule has 2 rings (SSSR count). The van der Waals surface area contributed by atoms with Gasteiger partial charge in [0.25, 0.3) is 5.91 Å². The van der Waals surface area contributed by atoms with Crippen LogP contribution in [-0.2, 0) is 0 Å². The van der Waals surface area contributed by atoms with E-state index in [1.165, 1.54) is 0 Å². The SMILES string of the molecule is CC(C)n1nc(C(=O)NC2CC2)cc1N. The van der Waals surface area contributed by atoms with Crippen LogP contribution in [0.4, 0.5) is 5.82 Å². The fourth-order valence-electron chi connectivity index (χ4n) is 1.42. The van der Waals surface area contributed by atoms with E-state index in [9.17, 15) is 4.79 Å². The third-order valence-corrected chi connectivity index (χ3v) is 2.40. The van der Waals surface area contributed by atoms with Crippen LogP contribution in [0.15, 0.2) is 6.07 Å². The highest BCUT2D eigenvalue weighted by Crippen LogP contribution is 2.20. The molecule has 3 N–H and O–H groups in total. The van der Waals surface area contributed by atoms with Crippen molar-refractivity contribution in [1.29, 1.82) is 0 Å². The largest absolute Gasteiger partial charge is 0.384 e.